The van der Waals surface area contributed by atoms with Crippen LogP contribution < -0.4 is 0 Å². The zero-order valence-electron chi connectivity index (χ0n) is 9.14. The summed E-state index contributed by atoms with van der Waals surface area (Å²) in [5, 5.41) is 0. The van der Waals surface area contributed by atoms with Gasteiger partial charge in [0.15, 0.2) is 0 Å². The van der Waals surface area contributed by atoms with Crippen LogP contribution in [0.15, 0.2) is 0 Å². The first-order valence-electron chi connectivity index (χ1n) is 5.44. The minimum atomic E-state index is -1.17. The van der Waals surface area contributed by atoms with Gasteiger partial charge in [0.05, 0.1) is 0 Å². The maximum atomic E-state index is 11.2. The summed E-state index contributed by atoms with van der Waals surface area (Å²) in [5.41, 5.74) is 0. The van der Waals surface area contributed by atoms with Crippen LogP contribution in [0.25, 0.3) is 0 Å². The molecular weight excluding hydrogens is 180 g/mol. The molecule has 13 heavy (non-hydrogen) atoms. The fourth-order valence-electron chi connectivity index (χ4n) is 1.36. The Hall–Kier alpha value is -0.313. The Morgan fingerprint density at radius 2 is 1.62 bits per heavy atom. The molecular formula is C10H22O2Si. The lowest BCUT2D eigenvalue weighted by Crippen LogP contribution is -2.21. The van der Waals surface area contributed by atoms with Gasteiger partial charge in [-0.1, -0.05) is 33.6 Å². The normalized spacial score (nSPS) is 10.5. The molecule has 0 aliphatic heterocycles. The second-order valence-electron chi connectivity index (χ2n) is 3.44. The van der Waals surface area contributed by atoms with Gasteiger partial charge in [-0.25, -0.2) is 0 Å². The van der Waals surface area contributed by atoms with Crippen molar-refractivity contribution in [2.24, 2.45) is 0 Å². The van der Waals surface area contributed by atoms with Gasteiger partial charge in [0, 0.05) is 6.42 Å². The summed E-state index contributed by atoms with van der Waals surface area (Å²) in [4.78, 5) is 11.2. The summed E-state index contributed by atoms with van der Waals surface area (Å²) in [7, 11) is -1.17. The van der Waals surface area contributed by atoms with Crippen molar-refractivity contribution in [1.82, 2.24) is 0 Å². The lowest BCUT2D eigenvalue weighted by Gasteiger charge is -2.14. The third-order valence-corrected chi connectivity index (χ3v) is 5.01. The molecule has 0 fully saturated rings. The van der Waals surface area contributed by atoms with Gasteiger partial charge < -0.3 is 4.43 Å². The quantitative estimate of drug-likeness (QED) is 0.593. The zero-order valence-corrected chi connectivity index (χ0v) is 10.3. The molecule has 0 atom stereocenters. The van der Waals surface area contributed by atoms with E-state index in [9.17, 15) is 4.79 Å². The lowest BCUT2D eigenvalue weighted by atomic mass is 10.4. The molecule has 0 saturated heterocycles. The second kappa shape index (κ2) is 8.29. The molecule has 0 spiro atoms. The van der Waals surface area contributed by atoms with E-state index in [2.05, 4.69) is 13.8 Å². The molecule has 0 aromatic rings. The van der Waals surface area contributed by atoms with Crippen LogP contribution in [0.2, 0.25) is 12.1 Å². The molecule has 0 aromatic carbocycles. The smallest absolute Gasteiger partial charge is 0.292 e. The molecule has 0 rings (SSSR count). The third kappa shape index (κ3) is 6.81. The molecule has 0 N–H and O–H groups in total. The Morgan fingerprint density at radius 3 is 2.00 bits per heavy atom. The molecule has 0 bridgehead atoms. The number of carbonyl (C=O) groups excluding carboxylic acids is 1. The summed E-state index contributed by atoms with van der Waals surface area (Å²) in [6, 6.07) is 2.28. The van der Waals surface area contributed by atoms with Crippen LogP contribution in [0, 0.1) is 0 Å². The van der Waals surface area contributed by atoms with Crippen LogP contribution in [-0.4, -0.2) is 15.0 Å². The SMILES string of the molecule is CCCC(=O)O[SiH](CCC)CCC. The van der Waals surface area contributed by atoms with Gasteiger partial charge >= 0.3 is 0 Å². The molecule has 2 nitrogen and oxygen atoms in total. The van der Waals surface area contributed by atoms with Crippen LogP contribution in [-0.2, 0) is 9.22 Å². The maximum absolute atomic E-state index is 11.2. The molecule has 0 aromatic heterocycles. The largest absolute Gasteiger partial charge is 0.522 e. The van der Waals surface area contributed by atoms with Crippen LogP contribution in [0.3, 0.4) is 0 Å². The van der Waals surface area contributed by atoms with Crippen molar-refractivity contribution in [2.75, 3.05) is 0 Å². The second-order valence-corrected chi connectivity index (χ2v) is 6.07. The Bertz CT molecular complexity index is 131. The van der Waals surface area contributed by atoms with Gasteiger partial charge in [-0.15, -0.1) is 0 Å². The Kier molecular flexibility index (Phi) is 8.09. The molecule has 3 heteroatoms. The van der Waals surface area contributed by atoms with Crippen molar-refractivity contribution in [3.8, 4) is 0 Å². The summed E-state index contributed by atoms with van der Waals surface area (Å²) >= 11 is 0. The van der Waals surface area contributed by atoms with Crippen LogP contribution in [0.5, 0.6) is 0 Å². The summed E-state index contributed by atoms with van der Waals surface area (Å²) in [5.74, 6) is 0.0288. The summed E-state index contributed by atoms with van der Waals surface area (Å²) in [6.45, 7) is 6.32. The van der Waals surface area contributed by atoms with Crippen LogP contribution in [0.1, 0.15) is 46.5 Å². The van der Waals surface area contributed by atoms with Crippen molar-refractivity contribution in [2.45, 2.75) is 58.5 Å². The van der Waals surface area contributed by atoms with Crippen molar-refractivity contribution < 1.29 is 9.22 Å². The van der Waals surface area contributed by atoms with Crippen LogP contribution >= 0.6 is 0 Å². The first kappa shape index (κ1) is 12.7. The molecule has 0 amide bonds. The van der Waals surface area contributed by atoms with Crippen molar-refractivity contribution in [1.29, 1.82) is 0 Å². The van der Waals surface area contributed by atoms with Gasteiger partial charge in [0.1, 0.15) is 0 Å². The van der Waals surface area contributed by atoms with Gasteiger partial charge in [-0.05, 0) is 18.5 Å². The summed E-state index contributed by atoms with van der Waals surface area (Å²) < 4.78 is 5.47. The standard InChI is InChI=1S/C10H22O2Si/c1-4-7-10(11)12-13(8-5-2)9-6-3/h13H,4-9H2,1-3H3. The van der Waals surface area contributed by atoms with Gasteiger partial charge in [0.2, 0.25) is 9.04 Å². The fraction of sp³-hybridized carbons (Fsp3) is 0.900. The Labute approximate surface area is 83.4 Å². The summed E-state index contributed by atoms with van der Waals surface area (Å²) in [6.07, 6.45) is 3.79. The van der Waals surface area contributed by atoms with Crippen LogP contribution in [0.4, 0.5) is 0 Å². The van der Waals surface area contributed by atoms with E-state index >= 15 is 0 Å². The predicted molar refractivity (Wildman–Crippen MR) is 58.3 cm³/mol. The zero-order chi connectivity index (χ0) is 10.1. The highest BCUT2D eigenvalue weighted by Gasteiger charge is 2.14. The molecule has 0 saturated carbocycles. The molecule has 0 heterocycles. The van der Waals surface area contributed by atoms with E-state index in [-0.39, 0.29) is 5.97 Å². The van der Waals surface area contributed by atoms with Crippen molar-refractivity contribution in [3.63, 3.8) is 0 Å². The van der Waals surface area contributed by atoms with E-state index in [4.69, 9.17) is 4.43 Å². The monoisotopic (exact) mass is 202 g/mol. The lowest BCUT2D eigenvalue weighted by molar-refractivity contribution is -0.134. The minimum absolute atomic E-state index is 0.0288. The van der Waals surface area contributed by atoms with Gasteiger partial charge in [0.25, 0.3) is 5.97 Å². The third-order valence-electron chi connectivity index (χ3n) is 1.97. The van der Waals surface area contributed by atoms with E-state index in [0.717, 1.165) is 31.4 Å². The van der Waals surface area contributed by atoms with E-state index in [0.29, 0.717) is 6.42 Å². The fourth-order valence-corrected chi connectivity index (χ4v) is 3.66. The average Bonchev–Trinajstić information content (AvgIpc) is 2.05. The number of hydrogen-bond donors (Lipinski definition) is 0. The molecule has 0 aliphatic carbocycles. The number of carbonyl (C=O) groups is 1. The van der Waals surface area contributed by atoms with E-state index in [1.54, 1.807) is 0 Å². The number of rotatable bonds is 7. The van der Waals surface area contributed by atoms with E-state index in [1.165, 1.54) is 0 Å². The average molecular weight is 202 g/mol. The molecule has 78 valence electrons. The Balaban J connectivity index is 3.71. The van der Waals surface area contributed by atoms with E-state index < -0.39 is 9.04 Å². The number of hydrogen-bond acceptors (Lipinski definition) is 2. The highest BCUT2D eigenvalue weighted by Crippen LogP contribution is 2.08. The predicted octanol–water partition coefficient (Wildman–Crippen LogP) is 2.87. The van der Waals surface area contributed by atoms with Crippen molar-refractivity contribution in [3.05, 3.63) is 0 Å². The maximum Gasteiger partial charge on any atom is 0.292 e. The molecule has 0 unspecified atom stereocenters. The first-order valence-corrected chi connectivity index (χ1v) is 7.54. The highest BCUT2D eigenvalue weighted by molar-refractivity contribution is 6.53. The molecule has 0 aliphatic rings. The topological polar surface area (TPSA) is 26.3 Å². The van der Waals surface area contributed by atoms with Gasteiger partial charge in [-0.3, -0.25) is 4.79 Å². The first-order chi connectivity index (χ1) is 6.24. The van der Waals surface area contributed by atoms with E-state index in [1.807, 2.05) is 6.92 Å². The molecule has 0 radical (unpaired) electrons. The minimum Gasteiger partial charge on any atom is -0.522 e. The van der Waals surface area contributed by atoms with Gasteiger partial charge in [-0.2, -0.15) is 0 Å². The highest BCUT2D eigenvalue weighted by atomic mass is 28.3. The van der Waals surface area contributed by atoms with Crippen molar-refractivity contribution >= 4 is 15.0 Å². The Morgan fingerprint density at radius 1 is 1.08 bits per heavy atom.